The van der Waals surface area contributed by atoms with Crippen LogP contribution in [0.25, 0.3) is 0 Å². The Morgan fingerprint density at radius 2 is 2.04 bits per heavy atom. The van der Waals surface area contributed by atoms with Crippen LogP contribution in [-0.2, 0) is 26.0 Å². The first kappa shape index (κ1) is 17.7. The molecule has 1 saturated heterocycles. The minimum absolute atomic E-state index is 0.103. The zero-order valence-electron chi connectivity index (χ0n) is 13.4. The van der Waals surface area contributed by atoms with E-state index < -0.39 is 10.0 Å². The summed E-state index contributed by atoms with van der Waals surface area (Å²) in [5.41, 5.74) is 0.699. The van der Waals surface area contributed by atoms with Gasteiger partial charge in [-0.2, -0.15) is 4.31 Å². The van der Waals surface area contributed by atoms with E-state index in [0.717, 1.165) is 0 Å². The number of sulfonamides is 1. The van der Waals surface area contributed by atoms with Gasteiger partial charge in [0.1, 0.15) is 5.75 Å². The van der Waals surface area contributed by atoms with Crippen molar-refractivity contribution in [3.8, 4) is 5.75 Å². The number of ether oxygens (including phenoxy) is 2. The molecule has 1 amide bonds. The quantitative estimate of drug-likeness (QED) is 0.809. The summed E-state index contributed by atoms with van der Waals surface area (Å²) in [6.07, 6.45) is 0.684. The van der Waals surface area contributed by atoms with Gasteiger partial charge in [-0.25, -0.2) is 8.42 Å². The van der Waals surface area contributed by atoms with Crippen molar-refractivity contribution >= 4 is 15.9 Å². The van der Waals surface area contributed by atoms with Gasteiger partial charge in [0, 0.05) is 26.6 Å². The molecule has 1 fully saturated rings. The number of rotatable bonds is 6. The summed E-state index contributed by atoms with van der Waals surface area (Å²) in [5, 5.41) is 2.55. The smallest absolute Gasteiger partial charge is 0.243 e. The van der Waals surface area contributed by atoms with Gasteiger partial charge in [0.05, 0.1) is 25.2 Å². The first-order valence-electron chi connectivity index (χ1n) is 7.44. The number of nitrogens with one attached hydrogen (secondary N) is 1. The molecule has 2 rings (SSSR count). The number of benzene rings is 1. The third kappa shape index (κ3) is 4.21. The summed E-state index contributed by atoms with van der Waals surface area (Å²) in [7, 11) is -0.465. The average molecular weight is 342 g/mol. The van der Waals surface area contributed by atoms with Crippen LogP contribution in [0.15, 0.2) is 23.1 Å². The van der Waals surface area contributed by atoms with Gasteiger partial charge in [0.2, 0.25) is 15.9 Å². The van der Waals surface area contributed by atoms with Crippen molar-refractivity contribution in [2.45, 2.75) is 17.7 Å². The monoisotopic (exact) mass is 342 g/mol. The van der Waals surface area contributed by atoms with Crippen molar-refractivity contribution in [3.05, 3.63) is 23.8 Å². The Bertz CT molecular complexity index is 654. The summed E-state index contributed by atoms with van der Waals surface area (Å²) in [4.78, 5) is 11.6. The summed E-state index contributed by atoms with van der Waals surface area (Å²) in [6, 6.07) is 4.76. The fourth-order valence-corrected chi connectivity index (χ4v) is 3.88. The van der Waals surface area contributed by atoms with E-state index >= 15 is 0 Å². The lowest BCUT2D eigenvalue weighted by Gasteiger charge is -2.26. The predicted octanol–water partition coefficient (Wildman–Crippen LogP) is 0.395. The molecule has 1 aliphatic heterocycles. The molecule has 0 aliphatic carbocycles. The molecule has 1 aromatic carbocycles. The van der Waals surface area contributed by atoms with Crippen molar-refractivity contribution in [1.82, 2.24) is 9.62 Å². The predicted molar refractivity (Wildman–Crippen MR) is 85.0 cm³/mol. The van der Waals surface area contributed by atoms with Gasteiger partial charge in [-0.3, -0.25) is 4.79 Å². The zero-order chi connectivity index (χ0) is 16.9. The van der Waals surface area contributed by atoms with E-state index in [1.807, 2.05) is 0 Å². The molecule has 7 nitrogen and oxygen atoms in total. The molecule has 128 valence electrons. The summed E-state index contributed by atoms with van der Waals surface area (Å²) < 4.78 is 37.2. The maximum Gasteiger partial charge on any atom is 0.243 e. The Morgan fingerprint density at radius 3 is 2.65 bits per heavy atom. The van der Waals surface area contributed by atoms with Gasteiger partial charge in [-0.05, 0) is 30.2 Å². The lowest BCUT2D eigenvalue weighted by atomic mass is 10.1. The van der Waals surface area contributed by atoms with E-state index in [1.165, 1.54) is 17.5 Å². The average Bonchev–Trinajstić information content (AvgIpc) is 2.60. The van der Waals surface area contributed by atoms with Gasteiger partial charge in [-0.1, -0.05) is 0 Å². The lowest BCUT2D eigenvalue weighted by molar-refractivity contribution is -0.120. The number of carbonyl (C=O) groups excluding carboxylic acids is 1. The molecule has 0 atom stereocenters. The first-order valence-corrected chi connectivity index (χ1v) is 8.88. The highest BCUT2D eigenvalue weighted by molar-refractivity contribution is 7.89. The highest BCUT2D eigenvalue weighted by atomic mass is 32.2. The van der Waals surface area contributed by atoms with Crippen LogP contribution in [0.2, 0.25) is 0 Å². The molecule has 1 heterocycles. The molecule has 0 saturated carbocycles. The number of amides is 1. The second-order valence-electron chi connectivity index (χ2n) is 5.16. The van der Waals surface area contributed by atoms with E-state index in [4.69, 9.17) is 9.47 Å². The molecule has 1 N–H and O–H groups in total. The van der Waals surface area contributed by atoms with Crippen LogP contribution in [0.1, 0.15) is 12.0 Å². The van der Waals surface area contributed by atoms with Gasteiger partial charge >= 0.3 is 0 Å². The molecule has 1 aromatic rings. The molecular formula is C15H22N2O5S. The minimum atomic E-state index is -3.56. The van der Waals surface area contributed by atoms with Gasteiger partial charge in [-0.15, -0.1) is 0 Å². The Morgan fingerprint density at radius 1 is 1.35 bits per heavy atom. The molecule has 1 aliphatic rings. The third-order valence-electron chi connectivity index (χ3n) is 3.76. The number of nitrogens with zero attached hydrogens (tertiary/aromatic N) is 1. The number of methoxy groups -OCH3 is 1. The molecule has 0 spiro atoms. The van der Waals surface area contributed by atoms with Gasteiger partial charge < -0.3 is 14.8 Å². The van der Waals surface area contributed by atoms with Crippen molar-refractivity contribution in [2.75, 3.05) is 40.5 Å². The lowest BCUT2D eigenvalue weighted by Crippen LogP contribution is -2.40. The molecule has 0 radical (unpaired) electrons. The van der Waals surface area contributed by atoms with Crippen LogP contribution in [0.4, 0.5) is 0 Å². The van der Waals surface area contributed by atoms with Crippen LogP contribution in [0.5, 0.6) is 5.75 Å². The Kier molecular flexibility index (Phi) is 5.97. The van der Waals surface area contributed by atoms with E-state index in [-0.39, 0.29) is 17.2 Å². The van der Waals surface area contributed by atoms with Crippen LogP contribution in [0, 0.1) is 0 Å². The number of aryl methyl sites for hydroxylation is 1. The maximum absolute atomic E-state index is 12.7. The molecule has 0 bridgehead atoms. The molecular weight excluding hydrogens is 320 g/mol. The Labute approximate surface area is 136 Å². The van der Waals surface area contributed by atoms with Crippen molar-refractivity contribution in [1.29, 1.82) is 0 Å². The zero-order valence-corrected chi connectivity index (χ0v) is 14.2. The van der Waals surface area contributed by atoms with Gasteiger partial charge in [0.25, 0.3) is 0 Å². The molecule has 23 heavy (non-hydrogen) atoms. The number of carbonyl (C=O) groups is 1. The van der Waals surface area contributed by atoms with Crippen LogP contribution < -0.4 is 10.1 Å². The minimum Gasteiger partial charge on any atom is -0.496 e. The van der Waals surface area contributed by atoms with Crippen molar-refractivity contribution < 1.29 is 22.7 Å². The van der Waals surface area contributed by atoms with Crippen LogP contribution in [0.3, 0.4) is 0 Å². The summed E-state index contributed by atoms with van der Waals surface area (Å²) in [5.74, 6) is 0.475. The summed E-state index contributed by atoms with van der Waals surface area (Å²) >= 11 is 0. The highest BCUT2D eigenvalue weighted by Crippen LogP contribution is 2.26. The molecule has 0 aromatic heterocycles. The van der Waals surface area contributed by atoms with E-state index in [9.17, 15) is 13.2 Å². The Balaban J connectivity index is 2.26. The van der Waals surface area contributed by atoms with Crippen molar-refractivity contribution in [2.24, 2.45) is 0 Å². The standard InChI is InChI=1S/C15H22N2O5S/c1-16-15(18)6-3-12-11-13(4-5-14(12)21-2)23(19,20)17-7-9-22-10-8-17/h4-5,11H,3,6-10H2,1-2H3,(H,16,18). The SMILES string of the molecule is CNC(=O)CCc1cc(S(=O)(=O)N2CCOCC2)ccc1OC. The second kappa shape index (κ2) is 7.76. The second-order valence-corrected chi connectivity index (χ2v) is 7.10. The van der Waals surface area contributed by atoms with Crippen LogP contribution in [-0.4, -0.2) is 59.1 Å². The first-order chi connectivity index (χ1) is 11.0. The Hall–Kier alpha value is -1.64. The fourth-order valence-electron chi connectivity index (χ4n) is 2.42. The largest absolute Gasteiger partial charge is 0.496 e. The third-order valence-corrected chi connectivity index (χ3v) is 5.65. The maximum atomic E-state index is 12.7. The highest BCUT2D eigenvalue weighted by Gasteiger charge is 2.27. The van der Waals surface area contributed by atoms with Crippen LogP contribution >= 0.6 is 0 Å². The van der Waals surface area contributed by atoms with E-state index in [1.54, 1.807) is 19.2 Å². The van der Waals surface area contributed by atoms with Crippen molar-refractivity contribution in [3.63, 3.8) is 0 Å². The van der Waals surface area contributed by atoms with E-state index in [0.29, 0.717) is 44.0 Å². The molecule has 0 unspecified atom stereocenters. The van der Waals surface area contributed by atoms with Gasteiger partial charge in [0.15, 0.2) is 0 Å². The number of morpholine rings is 1. The normalized spacial score (nSPS) is 16.1. The number of hydrogen-bond acceptors (Lipinski definition) is 5. The number of hydrogen-bond donors (Lipinski definition) is 1. The van der Waals surface area contributed by atoms with E-state index in [2.05, 4.69) is 5.32 Å². The summed E-state index contributed by atoms with van der Waals surface area (Å²) in [6.45, 7) is 1.50. The molecule has 8 heteroatoms. The fraction of sp³-hybridized carbons (Fsp3) is 0.533. The topological polar surface area (TPSA) is 84.9 Å².